The van der Waals surface area contributed by atoms with Crippen molar-refractivity contribution in [3.8, 4) is 0 Å². The number of ketones is 1. The van der Waals surface area contributed by atoms with Gasteiger partial charge in [0, 0.05) is 43.3 Å². The maximum Gasteiger partial charge on any atom is 0.320 e. The first-order valence-corrected chi connectivity index (χ1v) is 12.4. The predicted octanol–water partition coefficient (Wildman–Crippen LogP) is 3.62. The highest BCUT2D eigenvalue weighted by Crippen LogP contribution is 2.40. The topological polar surface area (TPSA) is 66.9 Å². The summed E-state index contributed by atoms with van der Waals surface area (Å²) in [6, 6.07) is 5.89. The van der Waals surface area contributed by atoms with Crippen molar-refractivity contribution in [1.29, 1.82) is 0 Å². The fraction of sp³-hybridized carbons (Fsp3) is 0.560. The fourth-order valence-electron chi connectivity index (χ4n) is 4.22. The summed E-state index contributed by atoms with van der Waals surface area (Å²) in [7, 11) is 1.83. The number of thioether (sulfide) groups is 1. The molecule has 1 aromatic carbocycles. The highest BCUT2D eigenvalue weighted by Gasteiger charge is 2.41. The van der Waals surface area contributed by atoms with Crippen molar-refractivity contribution >= 4 is 28.6 Å². The van der Waals surface area contributed by atoms with Gasteiger partial charge in [-0.25, -0.2) is 4.39 Å². The van der Waals surface area contributed by atoms with Gasteiger partial charge in [0.25, 0.3) is 0 Å². The van der Waals surface area contributed by atoms with Gasteiger partial charge < -0.3 is 4.74 Å². The number of carbonyl (C=O) groups excluding carboxylic acids is 3. The van der Waals surface area contributed by atoms with E-state index in [2.05, 4.69) is 0 Å². The van der Waals surface area contributed by atoms with E-state index in [-0.39, 0.29) is 40.4 Å². The molecule has 180 valence electrons. The van der Waals surface area contributed by atoms with Gasteiger partial charge in [0.2, 0.25) is 0 Å². The van der Waals surface area contributed by atoms with Gasteiger partial charge in [0.15, 0.2) is 10.9 Å². The summed E-state index contributed by atoms with van der Waals surface area (Å²) in [4.78, 5) is 40.7. The van der Waals surface area contributed by atoms with Crippen LogP contribution in [0.1, 0.15) is 44.7 Å². The number of Topliss-reactive ketones (excluding diaryl/α,β-unsaturated/α-hetero) is 1. The number of nitrogens with zero attached hydrogens (tertiary/aromatic N) is 2. The molecule has 0 radical (unpaired) electrons. The van der Waals surface area contributed by atoms with Crippen molar-refractivity contribution in [2.24, 2.45) is 5.92 Å². The second kappa shape index (κ2) is 11.9. The van der Waals surface area contributed by atoms with Crippen LogP contribution in [0.4, 0.5) is 4.39 Å². The average Bonchev–Trinajstić information content (AvgIpc) is 3.60. The number of rotatable bonds is 10. The number of esters is 1. The molecule has 6 nitrogen and oxygen atoms in total. The third kappa shape index (κ3) is 7.22. The summed E-state index contributed by atoms with van der Waals surface area (Å²) < 4.78 is 19.7. The lowest BCUT2D eigenvalue weighted by molar-refractivity contribution is -0.144. The van der Waals surface area contributed by atoms with Crippen molar-refractivity contribution < 1.29 is 23.5 Å². The molecule has 2 atom stereocenters. The minimum atomic E-state index is -0.623. The largest absolute Gasteiger partial charge is 0.465 e. The van der Waals surface area contributed by atoms with E-state index < -0.39 is 6.04 Å². The Kier molecular flexibility index (Phi) is 9.23. The second-order valence-electron chi connectivity index (χ2n) is 8.74. The Bertz CT molecular complexity index is 902. The number of ether oxygens (including phenoxy) is 1. The van der Waals surface area contributed by atoms with Crippen LogP contribution in [0, 0.1) is 11.7 Å². The van der Waals surface area contributed by atoms with Gasteiger partial charge in [-0.05, 0) is 44.9 Å². The lowest BCUT2D eigenvalue weighted by Gasteiger charge is -2.38. The maximum absolute atomic E-state index is 14.7. The second-order valence-corrected chi connectivity index (χ2v) is 10.1. The lowest BCUT2D eigenvalue weighted by Crippen LogP contribution is -2.43. The molecule has 1 saturated heterocycles. The predicted molar refractivity (Wildman–Crippen MR) is 127 cm³/mol. The Hall–Kier alpha value is -2.03. The van der Waals surface area contributed by atoms with Crippen molar-refractivity contribution in [3.05, 3.63) is 47.3 Å². The zero-order valence-corrected chi connectivity index (χ0v) is 20.4. The van der Waals surface area contributed by atoms with Gasteiger partial charge in [-0.1, -0.05) is 36.0 Å². The van der Waals surface area contributed by atoms with E-state index in [1.165, 1.54) is 17.8 Å². The van der Waals surface area contributed by atoms with E-state index in [1.54, 1.807) is 32.0 Å². The van der Waals surface area contributed by atoms with E-state index in [0.29, 0.717) is 38.2 Å². The summed E-state index contributed by atoms with van der Waals surface area (Å²) in [6.45, 7) is 5.44. The number of piperidine rings is 1. The Balaban J connectivity index is 1.81. The Morgan fingerprint density at radius 3 is 2.64 bits per heavy atom. The van der Waals surface area contributed by atoms with Crippen LogP contribution in [-0.4, -0.2) is 71.8 Å². The lowest BCUT2D eigenvalue weighted by atomic mass is 9.93. The molecule has 0 amide bonds. The minimum absolute atomic E-state index is 0.00191. The molecule has 0 N–H and O–H groups in total. The van der Waals surface area contributed by atoms with Gasteiger partial charge in [0.1, 0.15) is 5.82 Å². The molecule has 0 aromatic heterocycles. The number of likely N-dealkylation sites (N-methyl/N-ethyl adjacent to an activating group) is 1. The first kappa shape index (κ1) is 25.6. The number of hydrogen-bond donors (Lipinski definition) is 0. The molecule has 0 spiro atoms. The molecular weight excluding hydrogens is 443 g/mol. The quantitative estimate of drug-likeness (QED) is 0.377. The normalized spacial score (nSPS) is 21.2. The van der Waals surface area contributed by atoms with E-state index in [1.807, 2.05) is 22.9 Å². The molecule has 1 aromatic rings. The van der Waals surface area contributed by atoms with Crippen LogP contribution in [0.3, 0.4) is 0 Å². The number of benzene rings is 1. The highest BCUT2D eigenvalue weighted by atomic mass is 32.2. The van der Waals surface area contributed by atoms with E-state index in [0.717, 1.165) is 18.4 Å². The van der Waals surface area contributed by atoms with Crippen molar-refractivity contribution in [1.82, 2.24) is 9.80 Å². The summed E-state index contributed by atoms with van der Waals surface area (Å²) in [5, 5.41) is 0.0472. The summed E-state index contributed by atoms with van der Waals surface area (Å²) in [5.41, 5.74) is 1.45. The third-order valence-corrected chi connectivity index (χ3v) is 7.12. The van der Waals surface area contributed by atoms with E-state index in [9.17, 15) is 18.8 Å². The standard InChI is InChI=1S/C25H33FN2O4S/c1-4-32-23(30)16-27(3)13-11-19-15-28(14-12-22(19)33-17(2)29)24(25(31)18-9-10-18)20-7-5-6-8-21(20)26/h5-8,11,18,22,24H,4,9-10,12-16H2,1-3H3. The molecule has 1 heterocycles. The van der Waals surface area contributed by atoms with Crippen LogP contribution in [0.5, 0.6) is 0 Å². The van der Waals surface area contributed by atoms with Gasteiger partial charge >= 0.3 is 5.97 Å². The van der Waals surface area contributed by atoms with E-state index in [4.69, 9.17) is 4.74 Å². The highest BCUT2D eigenvalue weighted by molar-refractivity contribution is 8.14. The minimum Gasteiger partial charge on any atom is -0.465 e. The summed E-state index contributed by atoms with van der Waals surface area (Å²) in [6.07, 6.45) is 4.45. The zero-order chi connectivity index (χ0) is 24.0. The van der Waals surface area contributed by atoms with Crippen LogP contribution in [-0.2, 0) is 19.1 Å². The molecule has 1 saturated carbocycles. The van der Waals surface area contributed by atoms with Gasteiger partial charge in [-0.2, -0.15) is 0 Å². The van der Waals surface area contributed by atoms with Crippen molar-refractivity contribution in [2.45, 2.75) is 44.4 Å². The monoisotopic (exact) mass is 476 g/mol. The molecular formula is C25H33FN2O4S. The van der Waals surface area contributed by atoms with Gasteiger partial charge in [0.05, 0.1) is 19.2 Å². The van der Waals surface area contributed by atoms with E-state index >= 15 is 0 Å². The molecule has 1 aliphatic carbocycles. The smallest absolute Gasteiger partial charge is 0.320 e. The number of carbonyl (C=O) groups is 3. The number of halogens is 1. The van der Waals surface area contributed by atoms with Crippen LogP contribution in [0.25, 0.3) is 0 Å². The van der Waals surface area contributed by atoms with Crippen LogP contribution in [0.2, 0.25) is 0 Å². The van der Waals surface area contributed by atoms with Crippen LogP contribution < -0.4 is 0 Å². The van der Waals surface area contributed by atoms with Crippen molar-refractivity contribution in [3.63, 3.8) is 0 Å². The molecule has 2 fully saturated rings. The molecule has 33 heavy (non-hydrogen) atoms. The summed E-state index contributed by atoms with van der Waals surface area (Å²) >= 11 is 1.29. The van der Waals surface area contributed by atoms with Crippen molar-refractivity contribution in [2.75, 3.05) is 39.8 Å². The van der Waals surface area contributed by atoms with Crippen LogP contribution in [0.15, 0.2) is 35.9 Å². The number of hydrogen-bond acceptors (Lipinski definition) is 7. The zero-order valence-electron chi connectivity index (χ0n) is 19.6. The number of likely N-dealkylation sites (tertiary alicyclic amines) is 1. The van der Waals surface area contributed by atoms with Gasteiger partial charge in [-0.15, -0.1) is 0 Å². The van der Waals surface area contributed by atoms with Gasteiger partial charge in [-0.3, -0.25) is 24.2 Å². The molecule has 2 unspecified atom stereocenters. The average molecular weight is 477 g/mol. The Morgan fingerprint density at radius 1 is 1.27 bits per heavy atom. The fourth-order valence-corrected chi connectivity index (χ4v) is 5.16. The SMILES string of the molecule is CCOC(=O)CN(C)CC=C1CN(C(C(=O)C2CC2)c2ccccc2F)CCC1SC(C)=O. The Labute approximate surface area is 199 Å². The third-order valence-electron chi connectivity index (χ3n) is 5.97. The molecule has 8 heteroatoms. The molecule has 2 aliphatic rings. The molecule has 0 bridgehead atoms. The Morgan fingerprint density at radius 2 is 2.00 bits per heavy atom. The summed E-state index contributed by atoms with van der Waals surface area (Å²) in [5.74, 6) is -0.567. The molecule has 1 aliphatic heterocycles. The van der Waals surface area contributed by atoms with Crippen LogP contribution >= 0.6 is 11.8 Å². The first-order chi connectivity index (χ1) is 15.8. The first-order valence-electron chi connectivity index (χ1n) is 11.5. The maximum atomic E-state index is 14.7. The molecule has 3 rings (SSSR count).